The van der Waals surface area contributed by atoms with Gasteiger partial charge < -0.3 is 19.0 Å². The number of aliphatic hydroxyl groups is 1. The van der Waals surface area contributed by atoms with E-state index in [2.05, 4.69) is 18.1 Å². The maximum atomic E-state index is 13.6. The number of allylic oxidation sites excluding steroid dienone is 1. The molecule has 0 bridgehead atoms. The molecular weight excluding hydrogens is 539 g/mol. The first kappa shape index (κ1) is 27.1. The van der Waals surface area contributed by atoms with Crippen molar-refractivity contribution in [1.29, 1.82) is 0 Å². The number of esters is 2. The summed E-state index contributed by atoms with van der Waals surface area (Å²) >= 11 is 0. The number of hydrogen-bond donors (Lipinski definition) is 1. The minimum atomic E-state index is -1.52. The van der Waals surface area contributed by atoms with Gasteiger partial charge >= 0.3 is 11.9 Å². The van der Waals surface area contributed by atoms with Crippen molar-refractivity contribution in [2.24, 2.45) is 28.6 Å². The van der Waals surface area contributed by atoms with Gasteiger partial charge in [0.2, 0.25) is 11.4 Å². The molecule has 4 aliphatic carbocycles. The molecular formula is C33H35FN2O6. The molecule has 2 aromatic heterocycles. The fraction of sp³-hybridized carbons (Fsp3) is 0.485. The van der Waals surface area contributed by atoms with Gasteiger partial charge in [-0.25, -0.2) is 18.7 Å². The summed E-state index contributed by atoms with van der Waals surface area (Å²) in [5, 5.41) is 16.6. The minimum Gasteiger partial charge on any atom is -0.466 e. The summed E-state index contributed by atoms with van der Waals surface area (Å²) in [6, 6.07) is 9.44. The molecule has 7 atom stereocenters. The van der Waals surface area contributed by atoms with Crippen LogP contribution in [0, 0.1) is 34.4 Å². The van der Waals surface area contributed by atoms with Crippen molar-refractivity contribution in [1.82, 2.24) is 9.78 Å². The van der Waals surface area contributed by atoms with Crippen LogP contribution in [0.25, 0.3) is 11.8 Å². The monoisotopic (exact) mass is 574 g/mol. The van der Waals surface area contributed by atoms with Gasteiger partial charge in [-0.15, -0.1) is 0 Å². The molecule has 3 saturated carbocycles. The molecule has 0 unspecified atom stereocenters. The molecule has 7 rings (SSSR count). The number of furan rings is 1. The van der Waals surface area contributed by atoms with Gasteiger partial charge in [0.1, 0.15) is 5.82 Å². The Morgan fingerprint density at radius 3 is 2.67 bits per heavy atom. The van der Waals surface area contributed by atoms with Crippen LogP contribution in [-0.4, -0.2) is 45.6 Å². The lowest BCUT2D eigenvalue weighted by molar-refractivity contribution is -0.197. The van der Waals surface area contributed by atoms with Crippen LogP contribution in [0.3, 0.4) is 0 Å². The molecule has 0 amide bonds. The molecule has 4 aliphatic rings. The average Bonchev–Trinajstić information content (AvgIpc) is 3.70. The van der Waals surface area contributed by atoms with E-state index < -0.39 is 29.1 Å². The molecule has 9 heteroatoms. The third-order valence-electron chi connectivity index (χ3n) is 11.1. The predicted octanol–water partition coefficient (Wildman–Crippen LogP) is 5.53. The molecule has 1 aromatic carbocycles. The summed E-state index contributed by atoms with van der Waals surface area (Å²) in [7, 11) is 1.31. The van der Waals surface area contributed by atoms with E-state index in [-0.39, 0.29) is 34.7 Å². The summed E-state index contributed by atoms with van der Waals surface area (Å²) in [5.41, 5.74) is 1.55. The highest BCUT2D eigenvalue weighted by Crippen LogP contribution is 2.68. The molecule has 8 nitrogen and oxygen atoms in total. The Morgan fingerprint density at radius 2 is 1.95 bits per heavy atom. The zero-order chi connectivity index (χ0) is 29.4. The zero-order valence-electron chi connectivity index (χ0n) is 24.0. The summed E-state index contributed by atoms with van der Waals surface area (Å²) in [4.78, 5) is 26.6. The van der Waals surface area contributed by atoms with Gasteiger partial charge in [0.15, 0.2) is 0 Å². The van der Waals surface area contributed by atoms with E-state index in [9.17, 15) is 19.1 Å². The number of halogens is 1. The quantitative estimate of drug-likeness (QED) is 0.409. The number of rotatable bonds is 4. The Morgan fingerprint density at radius 1 is 1.17 bits per heavy atom. The molecule has 0 spiro atoms. The van der Waals surface area contributed by atoms with Crippen LogP contribution in [0.15, 0.2) is 58.8 Å². The second-order valence-corrected chi connectivity index (χ2v) is 13.0. The zero-order valence-corrected chi connectivity index (χ0v) is 24.0. The lowest BCUT2D eigenvalue weighted by atomic mass is 9.45. The summed E-state index contributed by atoms with van der Waals surface area (Å²) in [5.74, 6) is -1.41. The highest BCUT2D eigenvalue weighted by molar-refractivity contribution is 5.91. The van der Waals surface area contributed by atoms with Crippen LogP contribution in [0.5, 0.6) is 0 Å². The number of aliphatic hydroxyl groups excluding tert-OH is 1. The van der Waals surface area contributed by atoms with Crippen LogP contribution in [0.2, 0.25) is 0 Å². The van der Waals surface area contributed by atoms with Crippen LogP contribution < -0.4 is 0 Å². The van der Waals surface area contributed by atoms with E-state index in [1.165, 1.54) is 37.1 Å². The number of carbonyl (C=O) groups is 2. The highest BCUT2D eigenvalue weighted by atomic mass is 19.1. The Hall–Kier alpha value is -3.72. The van der Waals surface area contributed by atoms with Gasteiger partial charge in [-0.05, 0) is 110 Å². The van der Waals surface area contributed by atoms with Crippen molar-refractivity contribution in [3.8, 4) is 5.69 Å². The predicted molar refractivity (Wildman–Crippen MR) is 150 cm³/mol. The lowest BCUT2D eigenvalue weighted by Gasteiger charge is -2.60. The van der Waals surface area contributed by atoms with Gasteiger partial charge in [0, 0.05) is 5.41 Å². The molecule has 0 saturated heterocycles. The molecule has 3 aromatic rings. The second-order valence-electron chi connectivity index (χ2n) is 13.0. The fourth-order valence-electron chi connectivity index (χ4n) is 9.27. The third kappa shape index (κ3) is 3.65. The maximum absolute atomic E-state index is 13.6. The maximum Gasteiger partial charge on any atom is 0.375 e. The largest absolute Gasteiger partial charge is 0.466 e. The summed E-state index contributed by atoms with van der Waals surface area (Å²) in [6.45, 7) is 4.23. The van der Waals surface area contributed by atoms with Gasteiger partial charge in [-0.3, -0.25) is 0 Å². The fourth-order valence-corrected chi connectivity index (χ4v) is 9.27. The number of methoxy groups -OCH3 is 1. The van der Waals surface area contributed by atoms with Gasteiger partial charge in [0.25, 0.3) is 0 Å². The molecule has 1 N–H and O–H groups in total. The van der Waals surface area contributed by atoms with E-state index in [0.717, 1.165) is 36.2 Å². The van der Waals surface area contributed by atoms with Crippen molar-refractivity contribution >= 4 is 18.0 Å². The SMILES string of the molecule is COC(=O)[C@@]1(OC(=O)c2ccco2)CC[C@H]2[C@@H]3CCC4=Cc5c(cnn5-c5ccc(F)cc5)C[C@]4(C)[C@H]3[C@@H](O)C[C@@]21C. The Labute approximate surface area is 243 Å². The number of carbonyl (C=O) groups excluding carboxylic acids is 2. The number of aromatic nitrogens is 2. The normalized spacial score (nSPS) is 34.8. The first-order valence-corrected chi connectivity index (χ1v) is 14.7. The Kier molecular flexibility index (Phi) is 6.07. The minimum absolute atomic E-state index is 0.0266. The lowest BCUT2D eigenvalue weighted by Crippen LogP contribution is -2.63. The van der Waals surface area contributed by atoms with Gasteiger partial charge in [-0.1, -0.05) is 19.4 Å². The summed E-state index contributed by atoms with van der Waals surface area (Å²) in [6.07, 6.45) is 8.53. The number of ether oxygens (including phenoxy) is 2. The topological polar surface area (TPSA) is 104 Å². The van der Waals surface area contributed by atoms with Crippen molar-refractivity contribution in [2.45, 2.75) is 64.1 Å². The molecule has 3 fully saturated rings. The van der Waals surface area contributed by atoms with Crippen molar-refractivity contribution in [2.75, 3.05) is 7.11 Å². The number of benzene rings is 1. The Balaban J connectivity index is 1.23. The van der Waals surface area contributed by atoms with Crippen LogP contribution >= 0.6 is 0 Å². The van der Waals surface area contributed by atoms with Crippen LogP contribution in [0.4, 0.5) is 4.39 Å². The van der Waals surface area contributed by atoms with Gasteiger partial charge in [-0.2, -0.15) is 5.10 Å². The standard InChI is InChI=1S/C33H35FN2O6/c1-31-16-19-18-35-36(22-9-7-21(34)8-10-22)25(19)15-20(31)6-11-23-24-12-13-33(30(39)40-3,32(24,2)17-26(37)28(23)31)42-29(38)27-5-4-14-41-27/h4-5,7-10,14-15,18,23-24,26,28,37H,6,11-13,16-17H2,1-3H3/t23-,24-,26-,28+,31-,32-,33-/m0/s1. The third-order valence-corrected chi connectivity index (χ3v) is 11.1. The summed E-state index contributed by atoms with van der Waals surface area (Å²) < 4.78 is 32.0. The van der Waals surface area contributed by atoms with Crippen molar-refractivity contribution in [3.63, 3.8) is 0 Å². The molecule has 0 radical (unpaired) electrons. The van der Waals surface area contributed by atoms with E-state index in [1.54, 1.807) is 18.2 Å². The molecule has 2 heterocycles. The number of hydrogen-bond acceptors (Lipinski definition) is 7. The molecule has 0 aliphatic heterocycles. The van der Waals surface area contributed by atoms with Crippen molar-refractivity contribution in [3.05, 3.63) is 77.3 Å². The van der Waals surface area contributed by atoms with E-state index in [1.807, 2.05) is 17.8 Å². The average molecular weight is 575 g/mol. The first-order valence-electron chi connectivity index (χ1n) is 14.7. The van der Waals surface area contributed by atoms with E-state index in [0.29, 0.717) is 19.3 Å². The second kappa shape index (κ2) is 9.39. The van der Waals surface area contributed by atoms with E-state index >= 15 is 0 Å². The number of nitrogens with zero attached hydrogens (tertiary/aromatic N) is 2. The smallest absolute Gasteiger partial charge is 0.375 e. The Bertz CT molecular complexity index is 1580. The van der Waals surface area contributed by atoms with E-state index in [4.69, 9.17) is 13.9 Å². The van der Waals surface area contributed by atoms with Crippen LogP contribution in [-0.2, 0) is 20.7 Å². The number of fused-ring (bicyclic) bond motifs is 6. The molecule has 42 heavy (non-hydrogen) atoms. The highest BCUT2D eigenvalue weighted by Gasteiger charge is 2.71. The molecule has 220 valence electrons. The van der Waals surface area contributed by atoms with Crippen LogP contribution in [0.1, 0.15) is 67.8 Å². The van der Waals surface area contributed by atoms with Crippen molar-refractivity contribution < 1.29 is 33.0 Å². The first-order chi connectivity index (χ1) is 20.1. The van der Waals surface area contributed by atoms with Gasteiger partial charge in [0.05, 0.1) is 37.1 Å².